The van der Waals surface area contributed by atoms with E-state index in [0.29, 0.717) is 5.15 Å². The van der Waals surface area contributed by atoms with E-state index in [0.717, 1.165) is 49.1 Å². The first-order chi connectivity index (χ1) is 7.79. The number of rotatable bonds is 3. The van der Waals surface area contributed by atoms with Gasteiger partial charge < -0.3 is 4.90 Å². The predicted molar refractivity (Wildman–Crippen MR) is 70.6 cm³/mol. The molecule has 0 bridgehead atoms. The zero-order valence-corrected chi connectivity index (χ0v) is 11.0. The minimum atomic E-state index is 0.562. The van der Waals surface area contributed by atoms with Gasteiger partial charge in [0.15, 0.2) is 0 Å². The molecule has 16 heavy (non-hydrogen) atoms. The second-order valence-electron chi connectivity index (χ2n) is 3.83. The number of hydrogen-bond donors (Lipinski definition) is 0. The lowest BCUT2D eigenvalue weighted by molar-refractivity contribution is 0.794. The second-order valence-corrected chi connectivity index (χ2v) is 5.44. The fourth-order valence-corrected chi connectivity index (χ4v) is 2.84. The molecule has 88 valence electrons. The van der Waals surface area contributed by atoms with E-state index in [1.807, 2.05) is 17.8 Å². The monoisotopic (exact) mass is 257 g/mol. The average molecular weight is 258 g/mol. The van der Waals surface area contributed by atoms with Crippen LogP contribution in [-0.4, -0.2) is 34.6 Å². The van der Waals surface area contributed by atoms with Gasteiger partial charge in [0.2, 0.25) is 5.95 Å². The maximum absolute atomic E-state index is 6.02. The van der Waals surface area contributed by atoms with E-state index in [1.54, 1.807) is 0 Å². The molecule has 0 aliphatic carbocycles. The molecule has 0 aromatic carbocycles. The number of halogens is 1. The smallest absolute Gasteiger partial charge is 0.227 e. The first-order valence-electron chi connectivity index (χ1n) is 5.65. The maximum Gasteiger partial charge on any atom is 0.227 e. The Bertz CT molecular complexity index is 353. The fourth-order valence-electron chi connectivity index (χ4n) is 1.74. The molecule has 0 unspecified atom stereocenters. The van der Waals surface area contributed by atoms with E-state index in [4.69, 9.17) is 11.6 Å². The number of nitrogens with zero attached hydrogens (tertiary/aromatic N) is 3. The third-order valence-corrected chi connectivity index (χ3v) is 3.67. The lowest BCUT2D eigenvalue weighted by Gasteiger charge is -2.26. The number of thioether (sulfide) groups is 1. The molecular formula is C11H16ClN3S. The van der Waals surface area contributed by atoms with Gasteiger partial charge in [-0.3, -0.25) is 0 Å². The van der Waals surface area contributed by atoms with Crippen LogP contribution in [0.5, 0.6) is 0 Å². The number of anilines is 1. The SMILES string of the molecule is CCCc1cc(Cl)nc(N2CCSCC2)n1. The van der Waals surface area contributed by atoms with Crippen molar-refractivity contribution < 1.29 is 0 Å². The van der Waals surface area contributed by atoms with Crippen LogP contribution in [0.25, 0.3) is 0 Å². The minimum absolute atomic E-state index is 0.562. The summed E-state index contributed by atoms with van der Waals surface area (Å²) in [6.45, 7) is 4.19. The normalized spacial score (nSPS) is 16.5. The average Bonchev–Trinajstić information content (AvgIpc) is 2.30. The van der Waals surface area contributed by atoms with Gasteiger partial charge in [0.05, 0.1) is 0 Å². The van der Waals surface area contributed by atoms with Crippen molar-refractivity contribution in [1.29, 1.82) is 0 Å². The van der Waals surface area contributed by atoms with E-state index in [9.17, 15) is 0 Å². The lowest BCUT2D eigenvalue weighted by Crippen LogP contribution is -2.34. The highest BCUT2D eigenvalue weighted by atomic mass is 35.5. The summed E-state index contributed by atoms with van der Waals surface area (Å²) in [7, 11) is 0. The van der Waals surface area contributed by atoms with Crippen LogP contribution < -0.4 is 4.90 Å². The quantitative estimate of drug-likeness (QED) is 0.779. The molecule has 5 heteroatoms. The summed E-state index contributed by atoms with van der Waals surface area (Å²) in [5.41, 5.74) is 1.05. The standard InChI is InChI=1S/C11H16ClN3S/c1-2-3-9-8-10(12)14-11(13-9)15-4-6-16-7-5-15/h8H,2-7H2,1H3. The topological polar surface area (TPSA) is 29.0 Å². The Morgan fingerprint density at radius 3 is 2.81 bits per heavy atom. The van der Waals surface area contributed by atoms with Gasteiger partial charge in [-0.25, -0.2) is 9.97 Å². The van der Waals surface area contributed by atoms with Crippen molar-refractivity contribution in [3.05, 3.63) is 16.9 Å². The van der Waals surface area contributed by atoms with Crippen LogP contribution in [-0.2, 0) is 6.42 Å². The molecule has 1 aliphatic heterocycles. The van der Waals surface area contributed by atoms with Gasteiger partial charge in [-0.05, 0) is 12.5 Å². The minimum Gasteiger partial charge on any atom is -0.339 e. The highest BCUT2D eigenvalue weighted by molar-refractivity contribution is 7.99. The summed E-state index contributed by atoms with van der Waals surface area (Å²) in [5, 5.41) is 0.562. The Balaban J connectivity index is 2.18. The summed E-state index contributed by atoms with van der Waals surface area (Å²) < 4.78 is 0. The fraction of sp³-hybridized carbons (Fsp3) is 0.636. The van der Waals surface area contributed by atoms with Gasteiger partial charge in [0.25, 0.3) is 0 Å². The molecule has 0 saturated carbocycles. The Hall–Kier alpha value is -0.480. The second kappa shape index (κ2) is 5.73. The predicted octanol–water partition coefficient (Wildman–Crippen LogP) is 2.64. The summed E-state index contributed by atoms with van der Waals surface area (Å²) in [6, 6.07) is 1.87. The van der Waals surface area contributed by atoms with Gasteiger partial charge in [0, 0.05) is 30.3 Å². The van der Waals surface area contributed by atoms with Gasteiger partial charge in [0.1, 0.15) is 5.15 Å². The van der Waals surface area contributed by atoms with Crippen molar-refractivity contribution in [3.8, 4) is 0 Å². The van der Waals surface area contributed by atoms with Crippen molar-refractivity contribution in [2.75, 3.05) is 29.5 Å². The Kier molecular flexibility index (Phi) is 4.29. The molecule has 0 spiro atoms. The van der Waals surface area contributed by atoms with Crippen LogP contribution in [0.2, 0.25) is 5.15 Å². The zero-order chi connectivity index (χ0) is 11.4. The number of aryl methyl sites for hydroxylation is 1. The molecule has 3 nitrogen and oxygen atoms in total. The van der Waals surface area contributed by atoms with Gasteiger partial charge in [-0.15, -0.1) is 0 Å². The van der Waals surface area contributed by atoms with E-state index in [1.165, 1.54) is 0 Å². The van der Waals surface area contributed by atoms with Crippen LogP contribution in [0.1, 0.15) is 19.0 Å². The molecule has 1 aliphatic rings. The summed E-state index contributed by atoms with van der Waals surface area (Å²) in [6.07, 6.45) is 2.06. The van der Waals surface area contributed by atoms with E-state index < -0.39 is 0 Å². The Labute approximate surface area is 106 Å². The third kappa shape index (κ3) is 3.01. The Morgan fingerprint density at radius 1 is 1.38 bits per heavy atom. The van der Waals surface area contributed by atoms with E-state index in [-0.39, 0.29) is 0 Å². The van der Waals surface area contributed by atoms with Crippen LogP contribution in [0.3, 0.4) is 0 Å². The van der Waals surface area contributed by atoms with Crippen LogP contribution in [0.4, 0.5) is 5.95 Å². The van der Waals surface area contributed by atoms with Crippen LogP contribution in [0.15, 0.2) is 6.07 Å². The Morgan fingerprint density at radius 2 is 2.12 bits per heavy atom. The van der Waals surface area contributed by atoms with Gasteiger partial charge in [-0.2, -0.15) is 11.8 Å². The van der Waals surface area contributed by atoms with Gasteiger partial charge >= 0.3 is 0 Å². The van der Waals surface area contributed by atoms with Crippen molar-refractivity contribution in [2.24, 2.45) is 0 Å². The van der Waals surface area contributed by atoms with Crippen molar-refractivity contribution in [2.45, 2.75) is 19.8 Å². The maximum atomic E-state index is 6.02. The van der Waals surface area contributed by atoms with Crippen LogP contribution in [0, 0.1) is 0 Å². The zero-order valence-electron chi connectivity index (χ0n) is 9.45. The molecule has 0 radical (unpaired) electrons. The molecule has 1 aromatic heterocycles. The molecule has 0 N–H and O–H groups in total. The van der Waals surface area contributed by atoms with Crippen molar-refractivity contribution in [3.63, 3.8) is 0 Å². The first-order valence-corrected chi connectivity index (χ1v) is 7.19. The molecule has 2 rings (SSSR count). The lowest BCUT2D eigenvalue weighted by atomic mass is 10.2. The summed E-state index contributed by atoms with van der Waals surface area (Å²) >= 11 is 8.00. The molecular weight excluding hydrogens is 242 g/mol. The number of hydrogen-bond acceptors (Lipinski definition) is 4. The van der Waals surface area contributed by atoms with E-state index in [2.05, 4.69) is 21.8 Å². The molecule has 1 aromatic rings. The third-order valence-electron chi connectivity index (χ3n) is 2.54. The summed E-state index contributed by atoms with van der Waals surface area (Å²) in [4.78, 5) is 11.1. The van der Waals surface area contributed by atoms with Crippen LogP contribution >= 0.6 is 23.4 Å². The molecule has 0 amide bonds. The first kappa shape index (κ1) is 12.0. The molecule has 0 atom stereocenters. The molecule has 2 heterocycles. The molecule has 1 saturated heterocycles. The van der Waals surface area contributed by atoms with E-state index >= 15 is 0 Å². The van der Waals surface area contributed by atoms with Crippen molar-refractivity contribution in [1.82, 2.24) is 9.97 Å². The number of aromatic nitrogens is 2. The summed E-state index contributed by atoms with van der Waals surface area (Å²) in [5.74, 6) is 3.11. The van der Waals surface area contributed by atoms with Gasteiger partial charge in [-0.1, -0.05) is 24.9 Å². The highest BCUT2D eigenvalue weighted by Crippen LogP contribution is 2.18. The van der Waals surface area contributed by atoms with Crippen molar-refractivity contribution >= 4 is 29.3 Å². The molecule has 1 fully saturated rings. The largest absolute Gasteiger partial charge is 0.339 e. The highest BCUT2D eigenvalue weighted by Gasteiger charge is 2.14.